The minimum Gasteiger partial charge on any atom is -0.370 e. The van der Waals surface area contributed by atoms with Gasteiger partial charge in [0.25, 0.3) is 0 Å². The molecule has 2 fully saturated rings. The van der Waals surface area contributed by atoms with E-state index in [1.807, 2.05) is 19.1 Å². The summed E-state index contributed by atoms with van der Waals surface area (Å²) >= 11 is 0. The molecule has 1 aromatic carbocycles. The number of anilines is 1. The van der Waals surface area contributed by atoms with Gasteiger partial charge in [0.2, 0.25) is 0 Å². The third kappa shape index (κ3) is 3.09. The smallest absolute Gasteiger partial charge is 0.178 e. The van der Waals surface area contributed by atoms with Gasteiger partial charge < -0.3 is 10.2 Å². The normalized spacial score (nSPS) is 25.9. The number of nitrogens with one attached hydrogen (secondary N) is 1. The van der Waals surface area contributed by atoms with Crippen molar-refractivity contribution in [2.45, 2.75) is 37.1 Å². The maximum Gasteiger partial charge on any atom is 0.178 e. The minimum atomic E-state index is -3.10. The molecule has 21 heavy (non-hydrogen) atoms. The lowest BCUT2D eigenvalue weighted by Crippen LogP contribution is -2.40. The Labute approximate surface area is 127 Å². The van der Waals surface area contributed by atoms with Crippen molar-refractivity contribution in [3.05, 3.63) is 24.3 Å². The topological polar surface area (TPSA) is 49.4 Å². The molecule has 1 N–H and O–H groups in total. The van der Waals surface area contributed by atoms with Crippen molar-refractivity contribution in [2.75, 3.05) is 30.3 Å². The summed E-state index contributed by atoms with van der Waals surface area (Å²) in [6, 6.07) is 8.04. The summed E-state index contributed by atoms with van der Waals surface area (Å²) in [6.07, 6.45) is 3.23. The maximum absolute atomic E-state index is 12.0. The Balaban J connectivity index is 1.73. The molecule has 2 aliphatic rings. The number of benzene rings is 1. The van der Waals surface area contributed by atoms with Gasteiger partial charge in [-0.05, 0) is 56.0 Å². The molecule has 0 saturated carbocycles. The molecule has 0 bridgehead atoms. The van der Waals surface area contributed by atoms with Gasteiger partial charge in [-0.25, -0.2) is 8.42 Å². The first kappa shape index (κ1) is 14.9. The van der Waals surface area contributed by atoms with Crippen molar-refractivity contribution in [3.8, 4) is 0 Å². The fourth-order valence-corrected chi connectivity index (χ4v) is 4.83. The van der Waals surface area contributed by atoms with Gasteiger partial charge in [0.05, 0.1) is 10.6 Å². The zero-order valence-corrected chi connectivity index (χ0v) is 13.4. The fourth-order valence-electron chi connectivity index (χ4n) is 3.51. The highest BCUT2D eigenvalue weighted by Crippen LogP contribution is 2.29. The SMILES string of the molecule is CCCS(=O)(=O)c1ccc(N2C[C@@H]3CCCN[C@@H]3C2)cc1. The zero-order valence-electron chi connectivity index (χ0n) is 12.6. The van der Waals surface area contributed by atoms with Crippen molar-refractivity contribution in [3.63, 3.8) is 0 Å². The van der Waals surface area contributed by atoms with E-state index in [1.54, 1.807) is 12.1 Å². The highest BCUT2D eigenvalue weighted by atomic mass is 32.2. The van der Waals surface area contributed by atoms with Crippen LogP contribution in [0.1, 0.15) is 26.2 Å². The number of piperidine rings is 1. The maximum atomic E-state index is 12.0. The standard InChI is InChI=1S/C16H24N2O2S/c1-2-10-21(19,20)15-7-5-14(6-8-15)18-11-13-4-3-9-17-16(13)12-18/h5-8,13,16-17H,2-4,9-12H2,1H3/t13-,16+/m0/s1. The Hall–Kier alpha value is -1.07. The van der Waals surface area contributed by atoms with Crippen LogP contribution in [0.4, 0.5) is 5.69 Å². The van der Waals surface area contributed by atoms with Crippen LogP contribution in [0.15, 0.2) is 29.2 Å². The van der Waals surface area contributed by atoms with Crippen LogP contribution >= 0.6 is 0 Å². The van der Waals surface area contributed by atoms with E-state index in [4.69, 9.17) is 0 Å². The predicted octanol–water partition coefficient (Wildman–Crippen LogP) is 2.06. The molecular formula is C16H24N2O2S. The first-order valence-electron chi connectivity index (χ1n) is 7.91. The highest BCUT2D eigenvalue weighted by molar-refractivity contribution is 7.91. The first-order valence-corrected chi connectivity index (χ1v) is 9.56. The Kier molecular flexibility index (Phi) is 4.22. The Bertz CT molecular complexity index is 569. The molecule has 3 rings (SSSR count). The molecule has 2 heterocycles. The molecule has 116 valence electrons. The third-order valence-electron chi connectivity index (χ3n) is 4.63. The number of sulfone groups is 1. The van der Waals surface area contributed by atoms with Gasteiger partial charge in [0.1, 0.15) is 0 Å². The van der Waals surface area contributed by atoms with Gasteiger partial charge in [-0.1, -0.05) is 6.92 Å². The van der Waals surface area contributed by atoms with E-state index in [2.05, 4.69) is 10.2 Å². The van der Waals surface area contributed by atoms with Crippen molar-refractivity contribution in [1.82, 2.24) is 5.32 Å². The molecule has 0 radical (unpaired) electrons. The first-order chi connectivity index (χ1) is 10.1. The lowest BCUT2D eigenvalue weighted by Gasteiger charge is -2.24. The van der Waals surface area contributed by atoms with Crippen LogP contribution < -0.4 is 10.2 Å². The molecule has 4 nitrogen and oxygen atoms in total. The fraction of sp³-hybridized carbons (Fsp3) is 0.625. The summed E-state index contributed by atoms with van der Waals surface area (Å²) in [5, 5.41) is 3.60. The van der Waals surface area contributed by atoms with Crippen LogP contribution in [0.25, 0.3) is 0 Å². The third-order valence-corrected chi connectivity index (χ3v) is 6.57. The average Bonchev–Trinajstić information content (AvgIpc) is 2.91. The molecule has 0 aromatic heterocycles. The Morgan fingerprint density at radius 3 is 2.67 bits per heavy atom. The monoisotopic (exact) mass is 308 g/mol. The van der Waals surface area contributed by atoms with E-state index in [0.29, 0.717) is 17.4 Å². The van der Waals surface area contributed by atoms with Crippen molar-refractivity contribution >= 4 is 15.5 Å². The number of hydrogen-bond donors (Lipinski definition) is 1. The van der Waals surface area contributed by atoms with Crippen LogP contribution in [0.2, 0.25) is 0 Å². The molecule has 0 spiro atoms. The molecule has 2 saturated heterocycles. The van der Waals surface area contributed by atoms with Crippen LogP contribution in [0, 0.1) is 5.92 Å². The largest absolute Gasteiger partial charge is 0.370 e. The van der Waals surface area contributed by atoms with E-state index in [1.165, 1.54) is 12.8 Å². The van der Waals surface area contributed by atoms with Crippen LogP contribution in [0.5, 0.6) is 0 Å². The van der Waals surface area contributed by atoms with Crippen molar-refractivity contribution < 1.29 is 8.42 Å². The molecule has 0 unspecified atom stereocenters. The number of fused-ring (bicyclic) bond motifs is 1. The lowest BCUT2D eigenvalue weighted by molar-refractivity contribution is 0.340. The number of nitrogens with zero attached hydrogens (tertiary/aromatic N) is 1. The van der Waals surface area contributed by atoms with Crippen molar-refractivity contribution in [2.24, 2.45) is 5.92 Å². The molecule has 1 aromatic rings. The predicted molar refractivity (Wildman–Crippen MR) is 85.5 cm³/mol. The molecule has 0 amide bonds. The van der Waals surface area contributed by atoms with Crippen LogP contribution in [-0.4, -0.2) is 39.8 Å². The Morgan fingerprint density at radius 2 is 2.00 bits per heavy atom. The van der Waals surface area contributed by atoms with E-state index in [9.17, 15) is 8.42 Å². The van der Waals surface area contributed by atoms with Gasteiger partial charge in [0, 0.05) is 24.8 Å². The van der Waals surface area contributed by atoms with Gasteiger partial charge in [-0.3, -0.25) is 0 Å². The number of hydrogen-bond acceptors (Lipinski definition) is 4. The van der Waals surface area contributed by atoms with Gasteiger partial charge in [-0.2, -0.15) is 0 Å². The quantitative estimate of drug-likeness (QED) is 0.925. The van der Waals surface area contributed by atoms with E-state index in [-0.39, 0.29) is 5.75 Å². The highest BCUT2D eigenvalue weighted by Gasteiger charge is 2.34. The molecule has 0 aliphatic carbocycles. The van der Waals surface area contributed by atoms with Gasteiger partial charge in [-0.15, -0.1) is 0 Å². The minimum absolute atomic E-state index is 0.226. The molecule has 5 heteroatoms. The van der Waals surface area contributed by atoms with E-state index >= 15 is 0 Å². The molecule has 2 atom stereocenters. The van der Waals surface area contributed by atoms with E-state index in [0.717, 1.165) is 31.2 Å². The van der Waals surface area contributed by atoms with Gasteiger partial charge >= 0.3 is 0 Å². The molecular weight excluding hydrogens is 284 g/mol. The van der Waals surface area contributed by atoms with Gasteiger partial charge in [0.15, 0.2) is 9.84 Å². The van der Waals surface area contributed by atoms with Crippen LogP contribution in [-0.2, 0) is 9.84 Å². The zero-order chi connectivity index (χ0) is 14.9. The van der Waals surface area contributed by atoms with Crippen molar-refractivity contribution in [1.29, 1.82) is 0 Å². The van der Waals surface area contributed by atoms with E-state index < -0.39 is 9.84 Å². The molecule has 2 aliphatic heterocycles. The summed E-state index contributed by atoms with van der Waals surface area (Å²) in [5.74, 6) is 0.965. The lowest BCUT2D eigenvalue weighted by atomic mass is 9.94. The summed E-state index contributed by atoms with van der Waals surface area (Å²) in [4.78, 5) is 2.83. The second kappa shape index (κ2) is 5.97. The average molecular weight is 308 g/mol. The second-order valence-corrected chi connectivity index (χ2v) is 8.29. The summed E-state index contributed by atoms with van der Waals surface area (Å²) in [6.45, 7) is 5.14. The summed E-state index contributed by atoms with van der Waals surface area (Å²) in [7, 11) is -3.10. The second-order valence-electron chi connectivity index (χ2n) is 6.18. The van der Waals surface area contributed by atoms with Crippen LogP contribution in [0.3, 0.4) is 0 Å². The summed E-state index contributed by atoms with van der Waals surface area (Å²) in [5.41, 5.74) is 1.14. The summed E-state index contributed by atoms with van der Waals surface area (Å²) < 4.78 is 24.1. The number of rotatable bonds is 4. The Morgan fingerprint density at radius 1 is 1.24 bits per heavy atom.